The van der Waals surface area contributed by atoms with E-state index in [1.54, 1.807) is 0 Å². The molecule has 2 N–H and O–H groups in total. The van der Waals surface area contributed by atoms with Crippen molar-refractivity contribution < 1.29 is 4.79 Å². The van der Waals surface area contributed by atoms with Crippen LogP contribution in [0, 0.1) is 11.8 Å². The lowest BCUT2D eigenvalue weighted by atomic mass is 9.84. The van der Waals surface area contributed by atoms with Crippen molar-refractivity contribution in [1.29, 1.82) is 0 Å². The van der Waals surface area contributed by atoms with Gasteiger partial charge in [0.05, 0.1) is 0 Å². The molecule has 2 atom stereocenters. The Morgan fingerprint density at radius 2 is 1.87 bits per heavy atom. The van der Waals surface area contributed by atoms with Gasteiger partial charge < -0.3 is 10.6 Å². The number of carbonyl (C=O) groups is 1. The van der Waals surface area contributed by atoms with Crippen LogP contribution in [-0.2, 0) is 11.2 Å². The summed E-state index contributed by atoms with van der Waals surface area (Å²) in [5, 5.41) is 6.55. The van der Waals surface area contributed by atoms with Crippen molar-refractivity contribution in [1.82, 2.24) is 10.6 Å². The Balaban J connectivity index is 0.00000264. The van der Waals surface area contributed by atoms with E-state index in [1.165, 1.54) is 18.4 Å². The maximum absolute atomic E-state index is 12.2. The Kier molecular flexibility index (Phi) is 9.27. The summed E-state index contributed by atoms with van der Waals surface area (Å²) in [5.74, 6) is 1.40. The van der Waals surface area contributed by atoms with Gasteiger partial charge in [0, 0.05) is 12.5 Å². The van der Waals surface area contributed by atoms with E-state index >= 15 is 0 Å². The zero-order valence-electron chi connectivity index (χ0n) is 14.4. The number of aryl methyl sites for hydroxylation is 1. The topological polar surface area (TPSA) is 41.1 Å². The van der Waals surface area contributed by atoms with Crippen LogP contribution in [0.15, 0.2) is 30.3 Å². The van der Waals surface area contributed by atoms with E-state index in [0.717, 1.165) is 25.9 Å². The van der Waals surface area contributed by atoms with Gasteiger partial charge in [0.2, 0.25) is 5.91 Å². The van der Waals surface area contributed by atoms with Crippen LogP contribution in [0.3, 0.4) is 0 Å². The highest BCUT2D eigenvalue weighted by Crippen LogP contribution is 2.24. The molecule has 0 bridgehead atoms. The third kappa shape index (κ3) is 7.36. The SMILES string of the molecule is CC(CCc1ccccc1)NC(=O)CC(C)C1CCNCC1.Cl. The number of carbonyl (C=O) groups excluding carboxylic acids is 1. The van der Waals surface area contributed by atoms with Gasteiger partial charge in [-0.15, -0.1) is 12.4 Å². The van der Waals surface area contributed by atoms with Gasteiger partial charge in [-0.2, -0.15) is 0 Å². The molecule has 130 valence electrons. The average Bonchev–Trinajstić information content (AvgIpc) is 2.54. The highest BCUT2D eigenvalue weighted by atomic mass is 35.5. The molecule has 1 amide bonds. The van der Waals surface area contributed by atoms with Crippen molar-refractivity contribution >= 4 is 18.3 Å². The quantitative estimate of drug-likeness (QED) is 0.798. The lowest BCUT2D eigenvalue weighted by Crippen LogP contribution is -2.36. The maximum atomic E-state index is 12.2. The zero-order valence-corrected chi connectivity index (χ0v) is 15.2. The molecule has 1 fully saturated rings. The molecule has 1 aromatic rings. The number of hydrogen-bond acceptors (Lipinski definition) is 2. The molecule has 0 aromatic heterocycles. The molecule has 0 spiro atoms. The van der Waals surface area contributed by atoms with Crippen molar-refractivity contribution in [3.05, 3.63) is 35.9 Å². The minimum atomic E-state index is 0. The van der Waals surface area contributed by atoms with Crippen LogP contribution in [0.2, 0.25) is 0 Å². The predicted molar refractivity (Wildman–Crippen MR) is 99.0 cm³/mol. The molecular weight excluding hydrogens is 308 g/mol. The summed E-state index contributed by atoms with van der Waals surface area (Å²) in [4.78, 5) is 12.2. The second-order valence-electron chi connectivity index (χ2n) is 6.76. The minimum Gasteiger partial charge on any atom is -0.354 e. The molecule has 1 aromatic carbocycles. The standard InChI is InChI=1S/C19H30N2O.ClH/c1-15(18-10-12-20-13-11-18)14-19(22)21-16(2)8-9-17-6-4-3-5-7-17;/h3-7,15-16,18,20H,8-14H2,1-2H3,(H,21,22);1H. The van der Waals surface area contributed by atoms with E-state index in [2.05, 4.69) is 48.7 Å². The number of halogens is 1. The molecule has 4 heteroatoms. The summed E-state index contributed by atoms with van der Waals surface area (Å²) in [6.45, 7) is 6.54. The fourth-order valence-electron chi connectivity index (χ4n) is 3.31. The molecular formula is C19H31ClN2O. The average molecular weight is 339 g/mol. The molecule has 1 heterocycles. The summed E-state index contributed by atoms with van der Waals surface area (Å²) >= 11 is 0. The first-order valence-corrected chi connectivity index (χ1v) is 8.69. The van der Waals surface area contributed by atoms with Crippen LogP contribution in [-0.4, -0.2) is 25.0 Å². The molecule has 0 saturated carbocycles. The van der Waals surface area contributed by atoms with Crippen LogP contribution in [0.1, 0.15) is 45.1 Å². The first-order chi connectivity index (χ1) is 10.6. The maximum Gasteiger partial charge on any atom is 0.220 e. The van der Waals surface area contributed by atoms with Crippen molar-refractivity contribution in [2.75, 3.05) is 13.1 Å². The summed E-state index contributed by atoms with van der Waals surface area (Å²) in [5.41, 5.74) is 1.34. The van der Waals surface area contributed by atoms with Crippen LogP contribution in [0.25, 0.3) is 0 Å². The molecule has 1 aliphatic rings. The summed E-state index contributed by atoms with van der Waals surface area (Å²) in [6.07, 6.45) is 5.10. The largest absolute Gasteiger partial charge is 0.354 e. The Bertz CT molecular complexity index is 446. The van der Waals surface area contributed by atoms with E-state index in [0.29, 0.717) is 18.3 Å². The second kappa shape index (κ2) is 10.7. The summed E-state index contributed by atoms with van der Waals surface area (Å²) in [6, 6.07) is 10.7. The number of piperidine rings is 1. The highest BCUT2D eigenvalue weighted by Gasteiger charge is 2.22. The number of hydrogen-bond donors (Lipinski definition) is 2. The van der Waals surface area contributed by atoms with Crippen LogP contribution >= 0.6 is 12.4 Å². The Morgan fingerprint density at radius 3 is 2.52 bits per heavy atom. The van der Waals surface area contributed by atoms with E-state index in [4.69, 9.17) is 0 Å². The number of rotatable bonds is 7. The van der Waals surface area contributed by atoms with Crippen molar-refractivity contribution in [2.24, 2.45) is 11.8 Å². The van der Waals surface area contributed by atoms with Gasteiger partial charge in [0.15, 0.2) is 0 Å². The molecule has 1 saturated heterocycles. The van der Waals surface area contributed by atoms with Gasteiger partial charge in [-0.3, -0.25) is 4.79 Å². The van der Waals surface area contributed by atoms with Crippen molar-refractivity contribution in [3.63, 3.8) is 0 Å². The molecule has 3 nitrogen and oxygen atoms in total. The van der Waals surface area contributed by atoms with Crippen molar-refractivity contribution in [3.8, 4) is 0 Å². The summed E-state index contributed by atoms with van der Waals surface area (Å²) in [7, 11) is 0. The second-order valence-corrected chi connectivity index (χ2v) is 6.76. The summed E-state index contributed by atoms with van der Waals surface area (Å²) < 4.78 is 0. The van der Waals surface area contributed by atoms with E-state index in [1.807, 2.05) is 6.07 Å². The lowest BCUT2D eigenvalue weighted by Gasteiger charge is -2.28. The molecule has 0 radical (unpaired) electrons. The van der Waals surface area contributed by atoms with Gasteiger partial charge in [-0.05, 0) is 63.1 Å². The van der Waals surface area contributed by atoms with Crippen LogP contribution in [0.5, 0.6) is 0 Å². The van der Waals surface area contributed by atoms with Gasteiger partial charge in [-0.25, -0.2) is 0 Å². The van der Waals surface area contributed by atoms with Gasteiger partial charge in [-0.1, -0.05) is 37.3 Å². The third-order valence-corrected chi connectivity index (χ3v) is 4.81. The Labute approximate surface area is 147 Å². The molecule has 0 aliphatic carbocycles. The lowest BCUT2D eigenvalue weighted by molar-refractivity contribution is -0.123. The van der Waals surface area contributed by atoms with Gasteiger partial charge >= 0.3 is 0 Å². The first kappa shape index (κ1) is 20.0. The predicted octanol–water partition coefficient (Wildman–Crippen LogP) is 3.57. The monoisotopic (exact) mass is 338 g/mol. The van der Waals surface area contributed by atoms with Crippen LogP contribution < -0.4 is 10.6 Å². The molecule has 1 aliphatic heterocycles. The first-order valence-electron chi connectivity index (χ1n) is 8.69. The Hall–Kier alpha value is -1.06. The normalized spacial score (nSPS) is 17.8. The smallest absolute Gasteiger partial charge is 0.220 e. The fourth-order valence-corrected chi connectivity index (χ4v) is 3.31. The molecule has 2 rings (SSSR count). The highest BCUT2D eigenvalue weighted by molar-refractivity contribution is 5.85. The minimum absolute atomic E-state index is 0. The van der Waals surface area contributed by atoms with Gasteiger partial charge in [0.1, 0.15) is 0 Å². The number of nitrogens with one attached hydrogen (secondary N) is 2. The van der Waals surface area contributed by atoms with E-state index < -0.39 is 0 Å². The van der Waals surface area contributed by atoms with Crippen molar-refractivity contribution in [2.45, 2.75) is 52.0 Å². The van der Waals surface area contributed by atoms with Gasteiger partial charge in [0.25, 0.3) is 0 Å². The van der Waals surface area contributed by atoms with E-state index in [-0.39, 0.29) is 24.4 Å². The zero-order chi connectivity index (χ0) is 15.8. The van der Waals surface area contributed by atoms with Crippen LogP contribution in [0.4, 0.5) is 0 Å². The Morgan fingerprint density at radius 1 is 1.22 bits per heavy atom. The third-order valence-electron chi connectivity index (χ3n) is 4.81. The number of amides is 1. The van der Waals surface area contributed by atoms with E-state index in [9.17, 15) is 4.79 Å². The molecule has 2 unspecified atom stereocenters. The fraction of sp³-hybridized carbons (Fsp3) is 0.632. The molecule has 23 heavy (non-hydrogen) atoms. The number of benzene rings is 1.